The van der Waals surface area contributed by atoms with Crippen LogP contribution in [0.25, 0.3) is 82.1 Å². The summed E-state index contributed by atoms with van der Waals surface area (Å²) in [6.45, 7) is 2.12. The van der Waals surface area contributed by atoms with Gasteiger partial charge in [-0.2, -0.15) is 0 Å². The van der Waals surface area contributed by atoms with Crippen molar-refractivity contribution in [2.75, 3.05) is 0 Å². The van der Waals surface area contributed by atoms with Crippen LogP contribution in [0.4, 0.5) is 0 Å². The molecule has 0 radical (unpaired) electrons. The molecule has 2 nitrogen and oxygen atoms in total. The molecular formula is C37H23NO. The summed E-state index contributed by atoms with van der Waals surface area (Å²) in [5.41, 5.74) is 8.98. The van der Waals surface area contributed by atoms with Gasteiger partial charge in [0.15, 0.2) is 0 Å². The molecule has 0 amide bonds. The molecule has 39 heavy (non-hydrogen) atoms. The molecule has 0 fully saturated rings. The highest BCUT2D eigenvalue weighted by Gasteiger charge is 2.22. The lowest BCUT2D eigenvalue weighted by Gasteiger charge is -2.11. The number of hydrogen-bond donors (Lipinski definition) is 0. The van der Waals surface area contributed by atoms with E-state index in [1.165, 1.54) is 54.4 Å². The number of benzene rings is 7. The Bertz CT molecular complexity index is 2390. The molecule has 0 spiro atoms. The first kappa shape index (κ1) is 20.9. The van der Waals surface area contributed by atoms with Crippen molar-refractivity contribution in [2.24, 2.45) is 0 Å². The van der Waals surface area contributed by atoms with E-state index < -0.39 is 0 Å². The second kappa shape index (κ2) is 7.49. The van der Waals surface area contributed by atoms with Gasteiger partial charge in [-0.1, -0.05) is 91.0 Å². The molecule has 0 saturated heterocycles. The topological polar surface area (TPSA) is 18.1 Å². The highest BCUT2D eigenvalue weighted by molar-refractivity contribution is 6.35. The molecule has 9 rings (SSSR count). The Labute approximate surface area is 224 Å². The molecule has 0 aliphatic rings. The van der Waals surface area contributed by atoms with Crippen molar-refractivity contribution in [3.8, 4) is 16.8 Å². The predicted molar refractivity (Wildman–Crippen MR) is 164 cm³/mol. The third-order valence-corrected chi connectivity index (χ3v) is 8.45. The van der Waals surface area contributed by atoms with Crippen LogP contribution >= 0.6 is 0 Å². The van der Waals surface area contributed by atoms with Gasteiger partial charge in [0.2, 0.25) is 0 Å². The smallest absolute Gasteiger partial charge is 0.143 e. The standard InChI is InChI=1S/C37H23NO/c1-22-10-7-17-29-30-18-8-15-25(37(30)39-36(22)29)23-20-31-27-14-6-5-13-26(27)28-16-9-19-32-34(28)35(31)33(21-23)38(32)24-11-3-2-4-12-24/h2-21H,1H3. The van der Waals surface area contributed by atoms with E-state index in [2.05, 4.69) is 133 Å². The summed E-state index contributed by atoms with van der Waals surface area (Å²) >= 11 is 0. The normalized spacial score (nSPS) is 12.2. The highest BCUT2D eigenvalue weighted by atomic mass is 16.3. The summed E-state index contributed by atoms with van der Waals surface area (Å²) in [5, 5.41) is 10.1. The van der Waals surface area contributed by atoms with E-state index in [1.54, 1.807) is 0 Å². The second-order valence-corrected chi connectivity index (χ2v) is 10.6. The maximum atomic E-state index is 6.60. The van der Waals surface area contributed by atoms with Crippen molar-refractivity contribution in [3.63, 3.8) is 0 Å². The van der Waals surface area contributed by atoms with Gasteiger partial charge in [-0.3, -0.25) is 0 Å². The van der Waals surface area contributed by atoms with Crippen LogP contribution in [0, 0.1) is 6.92 Å². The van der Waals surface area contributed by atoms with E-state index in [9.17, 15) is 0 Å². The van der Waals surface area contributed by atoms with Gasteiger partial charge in [0.25, 0.3) is 0 Å². The van der Waals surface area contributed by atoms with Gasteiger partial charge in [0, 0.05) is 32.8 Å². The van der Waals surface area contributed by atoms with Crippen molar-refractivity contribution >= 4 is 65.3 Å². The van der Waals surface area contributed by atoms with E-state index in [4.69, 9.17) is 4.42 Å². The summed E-state index contributed by atoms with van der Waals surface area (Å²) in [7, 11) is 0. The van der Waals surface area contributed by atoms with Crippen molar-refractivity contribution in [2.45, 2.75) is 6.92 Å². The summed E-state index contributed by atoms with van der Waals surface area (Å²) in [4.78, 5) is 0. The fourth-order valence-electron chi connectivity index (χ4n) is 6.77. The summed E-state index contributed by atoms with van der Waals surface area (Å²) in [6, 6.07) is 43.9. The van der Waals surface area contributed by atoms with Crippen molar-refractivity contribution in [3.05, 3.63) is 127 Å². The molecule has 9 aromatic rings. The largest absolute Gasteiger partial charge is 0.455 e. The SMILES string of the molecule is Cc1cccc2c1oc1c(-c3cc4c5ccccc5c5cccc6c5c4c(c3)n6-c3ccccc3)cccc12. The Morgan fingerprint density at radius 3 is 1.97 bits per heavy atom. The zero-order valence-corrected chi connectivity index (χ0v) is 21.4. The number of fused-ring (bicyclic) bond motifs is 6. The van der Waals surface area contributed by atoms with Gasteiger partial charge in [-0.05, 0) is 69.9 Å². The van der Waals surface area contributed by atoms with Gasteiger partial charge in [0.1, 0.15) is 11.2 Å². The maximum absolute atomic E-state index is 6.60. The summed E-state index contributed by atoms with van der Waals surface area (Å²) in [6.07, 6.45) is 0. The number of rotatable bonds is 2. The van der Waals surface area contributed by atoms with Crippen LogP contribution in [0.15, 0.2) is 126 Å². The number of aryl methyl sites for hydroxylation is 1. The third kappa shape index (κ3) is 2.70. The minimum absolute atomic E-state index is 0.945. The average Bonchev–Trinajstić information content (AvgIpc) is 3.54. The molecule has 182 valence electrons. The quantitative estimate of drug-likeness (QED) is 0.217. The number of aromatic nitrogens is 1. The average molecular weight is 498 g/mol. The number of hydrogen-bond acceptors (Lipinski definition) is 1. The van der Waals surface area contributed by atoms with Crippen LogP contribution < -0.4 is 0 Å². The van der Waals surface area contributed by atoms with Crippen LogP contribution in [-0.2, 0) is 0 Å². The zero-order valence-electron chi connectivity index (χ0n) is 21.4. The molecule has 0 bridgehead atoms. The van der Waals surface area contributed by atoms with Crippen molar-refractivity contribution in [1.29, 1.82) is 0 Å². The number of para-hydroxylation sites is 3. The van der Waals surface area contributed by atoms with E-state index in [0.29, 0.717) is 0 Å². The van der Waals surface area contributed by atoms with Gasteiger partial charge >= 0.3 is 0 Å². The molecular weight excluding hydrogens is 474 g/mol. The first-order valence-electron chi connectivity index (χ1n) is 13.5. The minimum atomic E-state index is 0.945. The van der Waals surface area contributed by atoms with Crippen LogP contribution in [-0.4, -0.2) is 4.57 Å². The Hall–Kier alpha value is -5.08. The zero-order chi connectivity index (χ0) is 25.7. The fraction of sp³-hybridized carbons (Fsp3) is 0.0270. The van der Waals surface area contributed by atoms with Gasteiger partial charge in [-0.25, -0.2) is 0 Å². The first-order valence-corrected chi connectivity index (χ1v) is 13.5. The second-order valence-electron chi connectivity index (χ2n) is 10.6. The lowest BCUT2D eigenvalue weighted by Crippen LogP contribution is -1.93. The molecule has 0 aliphatic heterocycles. The van der Waals surface area contributed by atoms with E-state index in [1.807, 2.05) is 0 Å². The first-order chi connectivity index (χ1) is 19.3. The van der Waals surface area contributed by atoms with E-state index in [-0.39, 0.29) is 0 Å². The summed E-state index contributed by atoms with van der Waals surface area (Å²) < 4.78 is 9.03. The van der Waals surface area contributed by atoms with Crippen molar-refractivity contribution < 1.29 is 4.42 Å². The molecule has 2 heterocycles. The number of nitrogens with zero attached hydrogens (tertiary/aromatic N) is 1. The van der Waals surface area contributed by atoms with Gasteiger partial charge in [0.05, 0.1) is 11.0 Å². The maximum Gasteiger partial charge on any atom is 0.143 e. The van der Waals surface area contributed by atoms with E-state index >= 15 is 0 Å². The number of furan rings is 1. The molecule has 0 unspecified atom stereocenters. The van der Waals surface area contributed by atoms with Gasteiger partial charge < -0.3 is 8.98 Å². The molecule has 2 heteroatoms. The van der Waals surface area contributed by atoms with Crippen LogP contribution in [0.3, 0.4) is 0 Å². The van der Waals surface area contributed by atoms with E-state index in [0.717, 1.165) is 33.2 Å². The van der Waals surface area contributed by atoms with Crippen LogP contribution in [0.2, 0.25) is 0 Å². The fourth-order valence-corrected chi connectivity index (χ4v) is 6.77. The molecule has 2 aromatic heterocycles. The van der Waals surface area contributed by atoms with Crippen LogP contribution in [0.1, 0.15) is 5.56 Å². The Morgan fingerprint density at radius 1 is 0.487 bits per heavy atom. The van der Waals surface area contributed by atoms with Crippen molar-refractivity contribution in [1.82, 2.24) is 4.57 Å². The molecule has 0 aliphatic carbocycles. The Balaban J connectivity index is 1.50. The minimum Gasteiger partial charge on any atom is -0.455 e. The molecule has 7 aromatic carbocycles. The molecule has 0 saturated carbocycles. The summed E-state index contributed by atoms with van der Waals surface area (Å²) in [5.74, 6) is 0. The van der Waals surface area contributed by atoms with Gasteiger partial charge in [-0.15, -0.1) is 0 Å². The molecule has 0 N–H and O–H groups in total. The Kier molecular flexibility index (Phi) is 4.02. The third-order valence-electron chi connectivity index (χ3n) is 8.45. The lowest BCUT2D eigenvalue weighted by molar-refractivity contribution is 0.667. The monoisotopic (exact) mass is 497 g/mol. The lowest BCUT2D eigenvalue weighted by atomic mass is 9.92. The van der Waals surface area contributed by atoms with Crippen LogP contribution in [0.5, 0.6) is 0 Å². The molecule has 0 atom stereocenters. The Morgan fingerprint density at radius 2 is 1.13 bits per heavy atom. The predicted octanol–water partition coefficient (Wildman–Crippen LogP) is 10.4. The highest BCUT2D eigenvalue weighted by Crippen LogP contribution is 2.46.